The number of nitrogens with zero attached hydrogens (tertiary/aromatic N) is 1. The van der Waals surface area contributed by atoms with Crippen molar-refractivity contribution in [3.8, 4) is 0 Å². The van der Waals surface area contributed by atoms with Crippen molar-refractivity contribution in [1.82, 2.24) is 10.2 Å². The summed E-state index contributed by atoms with van der Waals surface area (Å²) in [5.74, 6) is 0.394. The molecule has 2 heterocycles. The summed E-state index contributed by atoms with van der Waals surface area (Å²) in [5, 5.41) is 3.39. The number of halogens is 2. The molecule has 0 bridgehead atoms. The molecule has 2 saturated heterocycles. The Morgan fingerprint density at radius 1 is 1.50 bits per heavy atom. The Morgan fingerprint density at radius 3 is 3.05 bits per heavy atom. The van der Waals surface area contributed by atoms with E-state index in [2.05, 4.69) is 28.2 Å². The molecule has 0 aromatic heterocycles. The number of carbonyl (C=O) groups is 1. The molecule has 20 heavy (non-hydrogen) atoms. The van der Waals surface area contributed by atoms with Gasteiger partial charge in [-0.2, -0.15) is 0 Å². The zero-order chi connectivity index (χ0) is 14.3. The SMILES string of the molecule is CCC1C2CNCC2CN1C(=O)c1cccc(Br)c1F. The molecule has 1 N–H and O–H groups in total. The molecule has 1 aromatic rings. The van der Waals surface area contributed by atoms with E-state index in [1.807, 2.05) is 4.90 Å². The number of hydrogen-bond acceptors (Lipinski definition) is 2. The second-order valence-electron chi connectivity index (χ2n) is 5.62. The fourth-order valence-electron chi connectivity index (χ4n) is 3.60. The van der Waals surface area contributed by atoms with E-state index < -0.39 is 5.82 Å². The van der Waals surface area contributed by atoms with Crippen LogP contribution in [0, 0.1) is 17.7 Å². The standard InChI is InChI=1S/C15H18BrFN2O/c1-2-13-11-7-18-6-9(11)8-19(13)15(20)10-4-3-5-12(16)14(10)17/h3-5,9,11,13,18H,2,6-8H2,1H3. The van der Waals surface area contributed by atoms with Gasteiger partial charge in [0.15, 0.2) is 0 Å². The van der Waals surface area contributed by atoms with Crippen molar-refractivity contribution in [2.24, 2.45) is 11.8 Å². The zero-order valence-electron chi connectivity index (χ0n) is 11.4. The molecule has 1 amide bonds. The second-order valence-corrected chi connectivity index (χ2v) is 6.47. The maximum atomic E-state index is 14.1. The monoisotopic (exact) mass is 340 g/mol. The van der Waals surface area contributed by atoms with Crippen LogP contribution in [-0.2, 0) is 0 Å². The maximum Gasteiger partial charge on any atom is 0.257 e. The number of likely N-dealkylation sites (tertiary alicyclic amines) is 1. The van der Waals surface area contributed by atoms with Crippen molar-refractivity contribution >= 4 is 21.8 Å². The molecule has 108 valence electrons. The number of amides is 1. The molecule has 1 aromatic carbocycles. The van der Waals surface area contributed by atoms with E-state index in [1.165, 1.54) is 0 Å². The Morgan fingerprint density at radius 2 is 2.30 bits per heavy atom. The minimum atomic E-state index is -0.456. The van der Waals surface area contributed by atoms with Crippen molar-refractivity contribution in [1.29, 1.82) is 0 Å². The first kappa shape index (κ1) is 14.0. The van der Waals surface area contributed by atoms with E-state index in [4.69, 9.17) is 0 Å². The van der Waals surface area contributed by atoms with Gasteiger partial charge in [-0.1, -0.05) is 13.0 Å². The van der Waals surface area contributed by atoms with Crippen LogP contribution in [0.5, 0.6) is 0 Å². The molecule has 5 heteroatoms. The summed E-state index contributed by atoms with van der Waals surface area (Å²) in [6.07, 6.45) is 0.921. The Bertz CT molecular complexity index is 537. The van der Waals surface area contributed by atoms with Crippen molar-refractivity contribution in [3.05, 3.63) is 34.1 Å². The van der Waals surface area contributed by atoms with E-state index in [0.717, 1.165) is 26.1 Å². The molecule has 3 rings (SSSR count). The topological polar surface area (TPSA) is 32.3 Å². The molecule has 2 aliphatic heterocycles. The van der Waals surface area contributed by atoms with Gasteiger partial charge in [0, 0.05) is 25.7 Å². The summed E-state index contributed by atoms with van der Waals surface area (Å²) >= 11 is 3.15. The summed E-state index contributed by atoms with van der Waals surface area (Å²) in [7, 11) is 0. The fourth-order valence-corrected chi connectivity index (χ4v) is 3.97. The van der Waals surface area contributed by atoms with Gasteiger partial charge in [-0.15, -0.1) is 0 Å². The predicted octanol–water partition coefficient (Wildman–Crippen LogP) is 2.66. The highest BCUT2D eigenvalue weighted by molar-refractivity contribution is 9.10. The Labute approximate surface area is 126 Å². The number of carbonyl (C=O) groups excluding carboxylic acids is 1. The van der Waals surface area contributed by atoms with Crippen LogP contribution in [-0.4, -0.2) is 36.5 Å². The van der Waals surface area contributed by atoms with Gasteiger partial charge in [-0.05, 0) is 46.3 Å². The van der Waals surface area contributed by atoms with E-state index in [0.29, 0.717) is 16.3 Å². The van der Waals surface area contributed by atoms with Gasteiger partial charge in [-0.3, -0.25) is 4.79 Å². The van der Waals surface area contributed by atoms with Crippen LogP contribution in [0.2, 0.25) is 0 Å². The molecule has 0 aliphatic carbocycles. The van der Waals surface area contributed by atoms with Gasteiger partial charge in [0.2, 0.25) is 0 Å². The highest BCUT2D eigenvalue weighted by Gasteiger charge is 2.45. The lowest BCUT2D eigenvalue weighted by Crippen LogP contribution is -2.40. The van der Waals surface area contributed by atoms with Crippen molar-refractivity contribution in [2.75, 3.05) is 19.6 Å². The second kappa shape index (κ2) is 5.45. The highest BCUT2D eigenvalue weighted by atomic mass is 79.9. The van der Waals surface area contributed by atoms with Gasteiger partial charge in [0.1, 0.15) is 5.82 Å². The van der Waals surface area contributed by atoms with Gasteiger partial charge in [0.25, 0.3) is 5.91 Å². The molecule has 2 fully saturated rings. The maximum absolute atomic E-state index is 14.1. The molecular formula is C15H18BrFN2O. The Balaban J connectivity index is 1.89. The van der Waals surface area contributed by atoms with Gasteiger partial charge in [-0.25, -0.2) is 4.39 Å². The number of benzene rings is 1. The summed E-state index contributed by atoms with van der Waals surface area (Å²) in [6.45, 7) is 4.77. The molecular weight excluding hydrogens is 323 g/mol. The lowest BCUT2D eigenvalue weighted by molar-refractivity contribution is 0.0706. The van der Waals surface area contributed by atoms with Crippen LogP contribution in [0.15, 0.2) is 22.7 Å². The van der Waals surface area contributed by atoms with E-state index in [1.54, 1.807) is 18.2 Å². The number of rotatable bonds is 2. The third-order valence-corrected chi connectivity index (χ3v) is 5.19. The smallest absolute Gasteiger partial charge is 0.257 e. The van der Waals surface area contributed by atoms with E-state index in [9.17, 15) is 9.18 Å². The van der Waals surface area contributed by atoms with E-state index in [-0.39, 0.29) is 17.5 Å². The predicted molar refractivity (Wildman–Crippen MR) is 79.1 cm³/mol. The average molecular weight is 341 g/mol. The quantitative estimate of drug-likeness (QED) is 0.897. The van der Waals surface area contributed by atoms with Crippen molar-refractivity contribution < 1.29 is 9.18 Å². The summed E-state index contributed by atoms with van der Waals surface area (Å²) < 4.78 is 14.5. The molecule has 2 aliphatic rings. The zero-order valence-corrected chi connectivity index (χ0v) is 13.0. The molecule has 0 radical (unpaired) electrons. The van der Waals surface area contributed by atoms with E-state index >= 15 is 0 Å². The van der Waals surface area contributed by atoms with Crippen LogP contribution in [0.25, 0.3) is 0 Å². The molecule has 3 nitrogen and oxygen atoms in total. The van der Waals surface area contributed by atoms with Gasteiger partial charge >= 0.3 is 0 Å². The number of nitrogens with one attached hydrogen (secondary N) is 1. The summed E-state index contributed by atoms with van der Waals surface area (Å²) in [6, 6.07) is 5.12. The van der Waals surface area contributed by atoms with Crippen LogP contribution in [0.1, 0.15) is 23.7 Å². The van der Waals surface area contributed by atoms with Crippen LogP contribution < -0.4 is 5.32 Å². The number of hydrogen-bond donors (Lipinski definition) is 1. The summed E-state index contributed by atoms with van der Waals surface area (Å²) in [4.78, 5) is 14.5. The van der Waals surface area contributed by atoms with Gasteiger partial charge < -0.3 is 10.2 Å². The fraction of sp³-hybridized carbons (Fsp3) is 0.533. The third-order valence-electron chi connectivity index (χ3n) is 4.58. The first-order valence-electron chi connectivity index (χ1n) is 7.09. The normalized spacial score (nSPS) is 28.8. The third kappa shape index (κ3) is 2.17. The summed E-state index contributed by atoms with van der Waals surface area (Å²) in [5.41, 5.74) is 0.172. The first-order chi connectivity index (χ1) is 9.63. The lowest BCUT2D eigenvalue weighted by atomic mass is 9.93. The minimum absolute atomic E-state index is 0.172. The lowest BCUT2D eigenvalue weighted by Gasteiger charge is -2.27. The largest absolute Gasteiger partial charge is 0.335 e. The molecule has 0 saturated carbocycles. The highest BCUT2D eigenvalue weighted by Crippen LogP contribution is 2.35. The Kier molecular flexibility index (Phi) is 3.82. The first-order valence-corrected chi connectivity index (χ1v) is 7.88. The van der Waals surface area contributed by atoms with Crippen molar-refractivity contribution in [3.63, 3.8) is 0 Å². The van der Waals surface area contributed by atoms with Crippen LogP contribution >= 0.6 is 15.9 Å². The molecule has 3 unspecified atom stereocenters. The van der Waals surface area contributed by atoms with Crippen molar-refractivity contribution in [2.45, 2.75) is 19.4 Å². The molecule has 3 atom stereocenters. The Hall–Kier alpha value is -0.940. The van der Waals surface area contributed by atoms with Crippen LogP contribution in [0.4, 0.5) is 4.39 Å². The van der Waals surface area contributed by atoms with Crippen LogP contribution in [0.3, 0.4) is 0 Å². The average Bonchev–Trinajstić information content (AvgIpc) is 3.01. The molecule has 0 spiro atoms. The minimum Gasteiger partial charge on any atom is -0.335 e. The van der Waals surface area contributed by atoms with Gasteiger partial charge in [0.05, 0.1) is 10.0 Å². The number of fused-ring (bicyclic) bond motifs is 1.